The van der Waals surface area contributed by atoms with Crippen molar-refractivity contribution < 1.29 is 23.9 Å². The Bertz CT molecular complexity index is 1380. The average molecular weight is 566 g/mol. The summed E-state index contributed by atoms with van der Waals surface area (Å²) >= 11 is 7.60. The van der Waals surface area contributed by atoms with Crippen molar-refractivity contribution in [2.24, 2.45) is 4.99 Å². The van der Waals surface area contributed by atoms with E-state index in [0.717, 1.165) is 5.56 Å². The highest BCUT2D eigenvalue weighted by Gasteiger charge is 2.39. The minimum absolute atomic E-state index is 0.0395. The number of benzene rings is 3. The van der Waals surface area contributed by atoms with Gasteiger partial charge < -0.3 is 14.8 Å². The molecule has 0 radical (unpaired) electrons. The minimum atomic E-state index is -0.667. The summed E-state index contributed by atoms with van der Waals surface area (Å²) in [5, 5.41) is 3.15. The van der Waals surface area contributed by atoms with Crippen molar-refractivity contribution in [1.82, 2.24) is 4.90 Å². The van der Waals surface area contributed by atoms with Gasteiger partial charge in [-0.15, -0.1) is 0 Å². The van der Waals surface area contributed by atoms with Crippen LogP contribution in [0.3, 0.4) is 0 Å². The smallest absolute Gasteiger partial charge is 0.338 e. The molecule has 1 heterocycles. The second-order valence-corrected chi connectivity index (χ2v) is 10.1. The van der Waals surface area contributed by atoms with Crippen LogP contribution in [0.2, 0.25) is 5.02 Å². The van der Waals surface area contributed by atoms with E-state index in [9.17, 15) is 14.4 Å². The maximum atomic E-state index is 13.5. The number of ether oxygens (including phenoxy) is 2. The number of nitrogens with zero attached hydrogens (tertiary/aromatic N) is 2. The zero-order chi connectivity index (χ0) is 27.8. The number of nitrogens with one attached hydrogen (secondary N) is 1. The predicted octanol–water partition coefficient (Wildman–Crippen LogP) is 6.08. The maximum Gasteiger partial charge on any atom is 0.338 e. The lowest BCUT2D eigenvalue weighted by molar-refractivity contribution is -0.128. The fourth-order valence-electron chi connectivity index (χ4n) is 3.88. The largest absolute Gasteiger partial charge is 0.494 e. The van der Waals surface area contributed by atoms with Crippen LogP contribution < -0.4 is 10.1 Å². The molecule has 1 aliphatic heterocycles. The van der Waals surface area contributed by atoms with E-state index in [1.807, 2.05) is 31.2 Å². The summed E-state index contributed by atoms with van der Waals surface area (Å²) in [6.07, 6.45) is -0.0395. The number of carbonyl (C=O) groups is 3. The van der Waals surface area contributed by atoms with E-state index in [4.69, 9.17) is 21.1 Å². The number of carbonyl (C=O) groups excluding carboxylic acids is 3. The van der Waals surface area contributed by atoms with Gasteiger partial charge in [0.2, 0.25) is 11.8 Å². The lowest BCUT2D eigenvalue weighted by Gasteiger charge is -2.17. The van der Waals surface area contributed by atoms with Gasteiger partial charge in [0.05, 0.1) is 31.0 Å². The summed E-state index contributed by atoms with van der Waals surface area (Å²) in [6, 6.07) is 21.0. The van der Waals surface area contributed by atoms with Gasteiger partial charge in [0.25, 0.3) is 0 Å². The normalized spacial score (nSPS) is 15.9. The number of hydrogen-bond acceptors (Lipinski definition) is 7. The van der Waals surface area contributed by atoms with Crippen molar-refractivity contribution in [2.75, 3.05) is 18.5 Å². The standard InChI is InChI=1S/C29H28ClN3O5S/c1-3-37-23-10-7-9-22(16-23)31-26(34)17-25-27(35)33(18-20-8-5-6-11-24(20)30)29(39-25)32-21-14-12-19(13-15-21)28(36)38-4-2/h5-16,25H,3-4,17-18H2,1-2H3,(H,31,34). The van der Waals surface area contributed by atoms with Gasteiger partial charge >= 0.3 is 5.97 Å². The Morgan fingerprint density at radius 3 is 2.51 bits per heavy atom. The molecule has 1 unspecified atom stereocenters. The Labute approximate surface area is 236 Å². The second-order valence-electron chi connectivity index (χ2n) is 8.50. The fourth-order valence-corrected chi connectivity index (χ4v) is 5.23. The molecule has 0 spiro atoms. The van der Waals surface area contributed by atoms with Crippen LogP contribution in [-0.4, -0.2) is 46.3 Å². The summed E-state index contributed by atoms with van der Waals surface area (Å²) in [4.78, 5) is 44.6. The van der Waals surface area contributed by atoms with E-state index in [1.54, 1.807) is 60.4 Å². The highest BCUT2D eigenvalue weighted by atomic mass is 35.5. The summed E-state index contributed by atoms with van der Waals surface area (Å²) in [7, 11) is 0. The van der Waals surface area contributed by atoms with E-state index < -0.39 is 11.2 Å². The maximum absolute atomic E-state index is 13.5. The molecule has 0 aliphatic carbocycles. The molecular weight excluding hydrogens is 538 g/mol. The van der Waals surface area contributed by atoms with Gasteiger partial charge in [0, 0.05) is 23.2 Å². The SMILES string of the molecule is CCOC(=O)c1ccc(N=C2SC(CC(=O)Nc3cccc(OCC)c3)C(=O)N2Cc2ccccc2Cl)cc1. The van der Waals surface area contributed by atoms with Crippen LogP contribution in [0.15, 0.2) is 77.8 Å². The van der Waals surface area contributed by atoms with Crippen molar-refractivity contribution in [3.63, 3.8) is 0 Å². The first-order chi connectivity index (χ1) is 18.9. The van der Waals surface area contributed by atoms with Crippen LogP contribution in [0.4, 0.5) is 11.4 Å². The van der Waals surface area contributed by atoms with Gasteiger partial charge in [-0.2, -0.15) is 0 Å². The predicted molar refractivity (Wildman–Crippen MR) is 154 cm³/mol. The molecule has 8 nitrogen and oxygen atoms in total. The topological polar surface area (TPSA) is 97.3 Å². The van der Waals surface area contributed by atoms with Gasteiger partial charge in [-0.05, 0) is 61.9 Å². The average Bonchev–Trinajstić information content (AvgIpc) is 3.19. The molecule has 1 atom stereocenters. The zero-order valence-corrected chi connectivity index (χ0v) is 23.1. The number of thioether (sulfide) groups is 1. The first-order valence-corrected chi connectivity index (χ1v) is 13.7. The van der Waals surface area contributed by atoms with E-state index >= 15 is 0 Å². The molecule has 3 aromatic rings. The molecule has 39 heavy (non-hydrogen) atoms. The number of aliphatic imine (C=N–C) groups is 1. The summed E-state index contributed by atoms with van der Waals surface area (Å²) in [5.41, 5.74) is 2.31. The summed E-state index contributed by atoms with van der Waals surface area (Å²) < 4.78 is 10.5. The molecule has 1 N–H and O–H groups in total. The van der Waals surface area contributed by atoms with Gasteiger partial charge in [0.1, 0.15) is 11.0 Å². The highest BCUT2D eigenvalue weighted by Crippen LogP contribution is 2.34. The number of hydrogen-bond donors (Lipinski definition) is 1. The molecule has 1 aliphatic rings. The lowest BCUT2D eigenvalue weighted by atomic mass is 10.2. The van der Waals surface area contributed by atoms with Crippen molar-refractivity contribution in [2.45, 2.75) is 32.1 Å². The monoisotopic (exact) mass is 565 g/mol. The Kier molecular flexibility index (Phi) is 9.62. The molecule has 0 bridgehead atoms. The van der Waals surface area contributed by atoms with Gasteiger partial charge in [-0.25, -0.2) is 9.79 Å². The Balaban J connectivity index is 1.54. The van der Waals surface area contributed by atoms with Crippen molar-refractivity contribution in [3.05, 3.63) is 88.9 Å². The van der Waals surface area contributed by atoms with Crippen molar-refractivity contribution in [3.8, 4) is 5.75 Å². The Morgan fingerprint density at radius 2 is 1.79 bits per heavy atom. The van der Waals surface area contributed by atoms with Crippen molar-refractivity contribution in [1.29, 1.82) is 0 Å². The van der Waals surface area contributed by atoms with Crippen LogP contribution in [0, 0.1) is 0 Å². The molecule has 202 valence electrons. The van der Waals surface area contributed by atoms with Crippen LogP contribution in [-0.2, 0) is 20.9 Å². The van der Waals surface area contributed by atoms with E-state index in [2.05, 4.69) is 10.3 Å². The molecule has 3 aromatic carbocycles. The minimum Gasteiger partial charge on any atom is -0.494 e. The number of amidine groups is 1. The number of anilines is 1. The zero-order valence-electron chi connectivity index (χ0n) is 21.6. The number of halogens is 1. The van der Waals surface area contributed by atoms with Crippen LogP contribution >= 0.6 is 23.4 Å². The quantitative estimate of drug-likeness (QED) is 0.299. The van der Waals surface area contributed by atoms with Gasteiger partial charge in [-0.3, -0.25) is 14.5 Å². The van der Waals surface area contributed by atoms with Gasteiger partial charge in [0.15, 0.2) is 5.17 Å². The third-order valence-corrected chi connectivity index (χ3v) is 7.25. The fraction of sp³-hybridized carbons (Fsp3) is 0.241. The summed E-state index contributed by atoms with van der Waals surface area (Å²) in [5.74, 6) is -0.302. The first kappa shape index (κ1) is 28.2. The number of esters is 1. The molecule has 0 aromatic heterocycles. The van der Waals surface area contributed by atoms with Crippen LogP contribution in [0.5, 0.6) is 5.75 Å². The van der Waals surface area contributed by atoms with E-state index in [0.29, 0.717) is 39.5 Å². The highest BCUT2D eigenvalue weighted by molar-refractivity contribution is 8.15. The molecule has 4 rings (SSSR count). The first-order valence-electron chi connectivity index (χ1n) is 12.5. The molecule has 0 saturated carbocycles. The number of amides is 2. The second kappa shape index (κ2) is 13.3. The molecule has 10 heteroatoms. The Hall–Kier alpha value is -3.82. The molecule has 2 amide bonds. The van der Waals surface area contributed by atoms with Crippen LogP contribution in [0.25, 0.3) is 0 Å². The van der Waals surface area contributed by atoms with E-state index in [-0.39, 0.29) is 31.4 Å². The lowest BCUT2D eigenvalue weighted by Crippen LogP contribution is -2.33. The van der Waals surface area contributed by atoms with E-state index in [1.165, 1.54) is 11.8 Å². The number of rotatable bonds is 10. The Morgan fingerprint density at radius 1 is 1.03 bits per heavy atom. The third-order valence-electron chi connectivity index (χ3n) is 5.71. The van der Waals surface area contributed by atoms with Crippen molar-refractivity contribution >= 4 is 57.7 Å². The molecular formula is C29H28ClN3O5S. The molecule has 1 fully saturated rings. The van der Waals surface area contributed by atoms with Crippen LogP contribution in [0.1, 0.15) is 36.2 Å². The summed E-state index contributed by atoms with van der Waals surface area (Å²) in [6.45, 7) is 4.64. The van der Waals surface area contributed by atoms with Gasteiger partial charge in [-0.1, -0.05) is 47.6 Å². The third kappa shape index (κ3) is 7.40. The molecule has 1 saturated heterocycles.